The summed E-state index contributed by atoms with van der Waals surface area (Å²) in [6, 6.07) is 17.3. The summed E-state index contributed by atoms with van der Waals surface area (Å²) < 4.78 is 19.3. The van der Waals surface area contributed by atoms with Crippen molar-refractivity contribution < 1.29 is 9.13 Å². The number of piperazine rings is 1. The summed E-state index contributed by atoms with van der Waals surface area (Å²) in [5.74, 6) is 0.0939. The quantitative estimate of drug-likeness (QED) is 0.793. The van der Waals surface area contributed by atoms with Gasteiger partial charge in [0.15, 0.2) is 11.6 Å². The molecule has 0 aromatic heterocycles. The van der Waals surface area contributed by atoms with Gasteiger partial charge in [0, 0.05) is 58.0 Å². The molecule has 2 aliphatic heterocycles. The first-order valence-corrected chi connectivity index (χ1v) is 9.44. The first kappa shape index (κ1) is 17.3. The molecule has 0 amide bonds. The molecule has 0 N–H and O–H groups in total. The van der Waals surface area contributed by atoms with Gasteiger partial charge in [-0.25, -0.2) is 4.39 Å². The standard InChI is InChI=1S/C21H26FN3O/c22-20-8-4-5-9-21(20)26-19-16-24(17-19)11-10-23-12-14-25(15-13-23)18-6-2-1-3-7-18/h1-9,19H,10-17H2. The normalized spacial score (nSPS) is 19.3. The van der Waals surface area contributed by atoms with Crippen molar-refractivity contribution in [1.82, 2.24) is 9.80 Å². The van der Waals surface area contributed by atoms with E-state index in [0.717, 1.165) is 52.4 Å². The van der Waals surface area contributed by atoms with Gasteiger partial charge in [0.05, 0.1) is 0 Å². The van der Waals surface area contributed by atoms with Gasteiger partial charge in [0.2, 0.25) is 0 Å². The van der Waals surface area contributed by atoms with Crippen molar-refractivity contribution in [3.63, 3.8) is 0 Å². The fourth-order valence-electron chi connectivity index (χ4n) is 3.65. The van der Waals surface area contributed by atoms with Gasteiger partial charge >= 0.3 is 0 Å². The Balaban J connectivity index is 1.14. The topological polar surface area (TPSA) is 19.0 Å². The van der Waals surface area contributed by atoms with Gasteiger partial charge < -0.3 is 9.64 Å². The van der Waals surface area contributed by atoms with E-state index >= 15 is 0 Å². The van der Waals surface area contributed by atoms with Crippen molar-refractivity contribution >= 4 is 5.69 Å². The van der Waals surface area contributed by atoms with Crippen LogP contribution in [0.5, 0.6) is 5.75 Å². The van der Waals surface area contributed by atoms with Crippen molar-refractivity contribution in [3.05, 3.63) is 60.4 Å². The van der Waals surface area contributed by atoms with Crippen LogP contribution in [0.4, 0.5) is 10.1 Å². The molecular formula is C21H26FN3O. The molecule has 2 aliphatic rings. The lowest BCUT2D eigenvalue weighted by Crippen LogP contribution is -2.56. The second-order valence-electron chi connectivity index (χ2n) is 7.09. The molecule has 0 bridgehead atoms. The van der Waals surface area contributed by atoms with Crippen LogP contribution in [-0.2, 0) is 0 Å². The lowest BCUT2D eigenvalue weighted by molar-refractivity contribution is 0.0119. The second kappa shape index (κ2) is 8.06. The number of likely N-dealkylation sites (tertiary alicyclic amines) is 1. The molecule has 0 unspecified atom stereocenters. The van der Waals surface area contributed by atoms with E-state index in [0.29, 0.717) is 5.75 Å². The Kier molecular flexibility index (Phi) is 5.37. The van der Waals surface area contributed by atoms with Gasteiger partial charge in [-0.05, 0) is 24.3 Å². The molecule has 2 fully saturated rings. The average Bonchev–Trinajstić information content (AvgIpc) is 2.66. The lowest BCUT2D eigenvalue weighted by Gasteiger charge is -2.41. The highest BCUT2D eigenvalue weighted by atomic mass is 19.1. The van der Waals surface area contributed by atoms with Gasteiger partial charge in [-0.15, -0.1) is 0 Å². The van der Waals surface area contributed by atoms with E-state index in [-0.39, 0.29) is 11.9 Å². The zero-order valence-electron chi connectivity index (χ0n) is 15.1. The third-order valence-corrected chi connectivity index (χ3v) is 5.28. The van der Waals surface area contributed by atoms with Crippen LogP contribution in [0.1, 0.15) is 0 Å². The summed E-state index contributed by atoms with van der Waals surface area (Å²) in [5.41, 5.74) is 1.32. The molecular weight excluding hydrogens is 329 g/mol. The first-order chi connectivity index (χ1) is 12.8. The zero-order valence-corrected chi connectivity index (χ0v) is 15.1. The Morgan fingerprint density at radius 1 is 0.808 bits per heavy atom. The zero-order chi connectivity index (χ0) is 17.8. The Morgan fingerprint density at radius 2 is 1.46 bits per heavy atom. The Morgan fingerprint density at radius 3 is 2.19 bits per heavy atom. The van der Waals surface area contributed by atoms with Crippen molar-refractivity contribution in [2.45, 2.75) is 6.10 Å². The highest BCUT2D eigenvalue weighted by Gasteiger charge is 2.29. The number of halogens is 1. The van der Waals surface area contributed by atoms with Crippen LogP contribution in [0.3, 0.4) is 0 Å². The van der Waals surface area contributed by atoms with Gasteiger partial charge in [-0.2, -0.15) is 0 Å². The van der Waals surface area contributed by atoms with Gasteiger partial charge in [-0.1, -0.05) is 30.3 Å². The van der Waals surface area contributed by atoms with E-state index in [4.69, 9.17) is 4.74 Å². The van der Waals surface area contributed by atoms with E-state index in [2.05, 4.69) is 45.0 Å². The highest BCUT2D eigenvalue weighted by molar-refractivity contribution is 5.46. The molecule has 2 saturated heterocycles. The number of benzene rings is 2. The van der Waals surface area contributed by atoms with Crippen LogP contribution in [0.2, 0.25) is 0 Å². The molecule has 26 heavy (non-hydrogen) atoms. The summed E-state index contributed by atoms with van der Waals surface area (Å²) >= 11 is 0. The molecule has 5 heteroatoms. The van der Waals surface area contributed by atoms with E-state index in [9.17, 15) is 4.39 Å². The lowest BCUT2D eigenvalue weighted by atomic mass is 10.1. The van der Waals surface area contributed by atoms with Gasteiger partial charge in [0.25, 0.3) is 0 Å². The number of hydrogen-bond acceptors (Lipinski definition) is 4. The summed E-state index contributed by atoms with van der Waals surface area (Å²) in [6.07, 6.45) is 0.113. The minimum Gasteiger partial charge on any atom is -0.485 e. The van der Waals surface area contributed by atoms with Gasteiger partial charge in [-0.3, -0.25) is 9.80 Å². The monoisotopic (exact) mass is 355 g/mol. The van der Waals surface area contributed by atoms with Crippen LogP contribution in [0, 0.1) is 5.82 Å². The predicted octanol–water partition coefficient (Wildman–Crippen LogP) is 2.71. The number of hydrogen-bond donors (Lipinski definition) is 0. The average molecular weight is 355 g/mol. The molecule has 0 aliphatic carbocycles. The fraction of sp³-hybridized carbons (Fsp3) is 0.429. The predicted molar refractivity (Wildman–Crippen MR) is 102 cm³/mol. The highest BCUT2D eigenvalue weighted by Crippen LogP contribution is 2.21. The minimum atomic E-state index is -0.276. The number of rotatable bonds is 6. The van der Waals surface area contributed by atoms with Crippen LogP contribution in [0.25, 0.3) is 0 Å². The molecule has 138 valence electrons. The van der Waals surface area contributed by atoms with Crippen molar-refractivity contribution in [3.8, 4) is 5.75 Å². The Bertz CT molecular complexity index is 697. The fourth-order valence-corrected chi connectivity index (χ4v) is 3.65. The number of ether oxygens (including phenoxy) is 1. The molecule has 0 radical (unpaired) electrons. The summed E-state index contributed by atoms with van der Waals surface area (Å²) in [4.78, 5) is 7.37. The van der Waals surface area contributed by atoms with Crippen LogP contribution in [-0.4, -0.2) is 68.3 Å². The van der Waals surface area contributed by atoms with Crippen LogP contribution in [0.15, 0.2) is 54.6 Å². The molecule has 0 saturated carbocycles. The maximum Gasteiger partial charge on any atom is 0.165 e. The maximum absolute atomic E-state index is 13.6. The van der Waals surface area contributed by atoms with Crippen molar-refractivity contribution in [2.75, 3.05) is 57.3 Å². The SMILES string of the molecule is Fc1ccccc1OC1CN(CCN2CCN(c3ccccc3)CC2)C1. The van der Waals surface area contributed by atoms with E-state index in [1.54, 1.807) is 12.1 Å². The third-order valence-electron chi connectivity index (χ3n) is 5.28. The summed E-state index contributed by atoms with van der Waals surface area (Å²) in [6.45, 7) is 8.32. The van der Waals surface area contributed by atoms with Crippen LogP contribution >= 0.6 is 0 Å². The molecule has 4 nitrogen and oxygen atoms in total. The number of para-hydroxylation sites is 2. The van der Waals surface area contributed by atoms with Crippen LogP contribution < -0.4 is 9.64 Å². The van der Waals surface area contributed by atoms with E-state index < -0.39 is 0 Å². The molecule has 4 rings (SSSR count). The summed E-state index contributed by atoms with van der Waals surface area (Å²) in [5, 5.41) is 0. The molecule has 0 atom stereocenters. The molecule has 2 heterocycles. The molecule has 0 spiro atoms. The van der Waals surface area contributed by atoms with Crippen molar-refractivity contribution in [2.24, 2.45) is 0 Å². The largest absolute Gasteiger partial charge is 0.485 e. The Labute approximate surface area is 154 Å². The maximum atomic E-state index is 13.6. The minimum absolute atomic E-state index is 0.113. The summed E-state index contributed by atoms with van der Waals surface area (Å²) in [7, 11) is 0. The third kappa shape index (κ3) is 4.17. The number of nitrogens with zero attached hydrogens (tertiary/aromatic N) is 3. The first-order valence-electron chi connectivity index (χ1n) is 9.44. The number of anilines is 1. The van der Waals surface area contributed by atoms with Crippen molar-refractivity contribution in [1.29, 1.82) is 0 Å². The second-order valence-corrected chi connectivity index (χ2v) is 7.09. The smallest absolute Gasteiger partial charge is 0.165 e. The van der Waals surface area contributed by atoms with E-state index in [1.165, 1.54) is 11.8 Å². The molecule has 2 aromatic carbocycles. The van der Waals surface area contributed by atoms with E-state index in [1.807, 2.05) is 6.07 Å². The molecule has 2 aromatic rings. The van der Waals surface area contributed by atoms with Gasteiger partial charge in [0.1, 0.15) is 6.10 Å². The Hall–Kier alpha value is -2.11.